The summed E-state index contributed by atoms with van der Waals surface area (Å²) in [5, 5.41) is 2.98. The highest BCUT2D eigenvalue weighted by Crippen LogP contribution is 2.23. The van der Waals surface area contributed by atoms with Gasteiger partial charge in [0, 0.05) is 43.6 Å². The number of nitrogens with zero attached hydrogens (tertiary/aromatic N) is 3. The summed E-state index contributed by atoms with van der Waals surface area (Å²) in [5.41, 5.74) is 3.48. The van der Waals surface area contributed by atoms with Crippen molar-refractivity contribution in [3.05, 3.63) is 59.4 Å². The minimum atomic E-state index is -0.147. The zero-order valence-electron chi connectivity index (χ0n) is 19.1. The van der Waals surface area contributed by atoms with E-state index < -0.39 is 0 Å². The molecule has 0 aliphatic carbocycles. The molecule has 2 aliphatic heterocycles. The van der Waals surface area contributed by atoms with Crippen LogP contribution < -0.4 is 5.32 Å². The minimum Gasteiger partial charge on any atom is -0.342 e. The maximum absolute atomic E-state index is 12.9. The second-order valence-electron chi connectivity index (χ2n) is 9.20. The minimum absolute atomic E-state index is 0.147. The molecule has 170 valence electrons. The summed E-state index contributed by atoms with van der Waals surface area (Å²) in [5.74, 6) is 0.408. The zero-order valence-corrected chi connectivity index (χ0v) is 19.1. The van der Waals surface area contributed by atoms with Gasteiger partial charge in [-0.3, -0.25) is 19.5 Å². The van der Waals surface area contributed by atoms with Gasteiger partial charge < -0.3 is 10.2 Å². The number of aromatic nitrogens is 1. The van der Waals surface area contributed by atoms with Crippen LogP contribution in [-0.4, -0.2) is 52.8 Å². The molecule has 3 heterocycles. The molecule has 0 radical (unpaired) electrons. The molecule has 32 heavy (non-hydrogen) atoms. The molecule has 1 N–H and O–H groups in total. The molecule has 0 bridgehead atoms. The Morgan fingerprint density at radius 1 is 1.00 bits per heavy atom. The summed E-state index contributed by atoms with van der Waals surface area (Å²) in [6.07, 6.45) is 10.0. The predicted molar refractivity (Wildman–Crippen MR) is 126 cm³/mol. The number of nitrogens with one attached hydrogen (secondary N) is 1. The molecule has 2 saturated heterocycles. The van der Waals surface area contributed by atoms with Gasteiger partial charge in [0.1, 0.15) is 0 Å². The number of hydrogen-bond donors (Lipinski definition) is 1. The molecule has 2 aliphatic rings. The van der Waals surface area contributed by atoms with E-state index in [1.807, 2.05) is 31.2 Å². The number of rotatable bonds is 5. The Bertz CT molecular complexity index is 929. The van der Waals surface area contributed by atoms with Crippen LogP contribution >= 0.6 is 0 Å². The van der Waals surface area contributed by atoms with Crippen molar-refractivity contribution in [1.82, 2.24) is 14.8 Å². The first kappa shape index (κ1) is 22.5. The fourth-order valence-corrected chi connectivity index (χ4v) is 4.78. The second kappa shape index (κ2) is 10.7. The molecule has 2 fully saturated rings. The van der Waals surface area contributed by atoms with Crippen molar-refractivity contribution >= 4 is 17.5 Å². The molecule has 2 aromatic rings. The molecule has 2 amide bonds. The first-order valence-corrected chi connectivity index (χ1v) is 11.9. The van der Waals surface area contributed by atoms with E-state index in [-0.39, 0.29) is 11.8 Å². The van der Waals surface area contributed by atoms with E-state index in [2.05, 4.69) is 26.2 Å². The Labute approximate surface area is 191 Å². The number of likely N-dealkylation sites (tertiary alicyclic amines) is 2. The van der Waals surface area contributed by atoms with Gasteiger partial charge in [0.2, 0.25) is 5.91 Å². The van der Waals surface area contributed by atoms with Gasteiger partial charge in [0.15, 0.2) is 0 Å². The smallest absolute Gasteiger partial charge is 0.257 e. The van der Waals surface area contributed by atoms with Crippen LogP contribution in [0.2, 0.25) is 0 Å². The highest BCUT2D eigenvalue weighted by molar-refractivity contribution is 6.04. The zero-order chi connectivity index (χ0) is 22.3. The quantitative estimate of drug-likeness (QED) is 0.764. The largest absolute Gasteiger partial charge is 0.342 e. The lowest BCUT2D eigenvalue weighted by Gasteiger charge is -2.34. The summed E-state index contributed by atoms with van der Waals surface area (Å²) in [6, 6.07) is 9.86. The van der Waals surface area contributed by atoms with Crippen molar-refractivity contribution in [3.63, 3.8) is 0 Å². The van der Waals surface area contributed by atoms with E-state index in [1.165, 1.54) is 18.4 Å². The molecular weight excluding hydrogens is 400 g/mol. The number of benzene rings is 1. The molecule has 1 aromatic heterocycles. The van der Waals surface area contributed by atoms with Crippen molar-refractivity contribution in [1.29, 1.82) is 0 Å². The fraction of sp³-hybridized carbons (Fsp3) is 0.500. The number of aryl methyl sites for hydroxylation is 1. The van der Waals surface area contributed by atoms with Gasteiger partial charge in [-0.05, 0) is 75.0 Å². The normalized spacial score (nSPS) is 18.2. The Hall–Kier alpha value is -2.73. The Balaban J connectivity index is 1.29. The molecule has 4 rings (SSSR count). The third kappa shape index (κ3) is 5.94. The van der Waals surface area contributed by atoms with Gasteiger partial charge in [-0.15, -0.1) is 0 Å². The first-order valence-electron chi connectivity index (χ1n) is 11.9. The molecular formula is C26H34N4O2. The van der Waals surface area contributed by atoms with E-state index >= 15 is 0 Å². The van der Waals surface area contributed by atoms with Crippen LogP contribution in [0.3, 0.4) is 0 Å². The van der Waals surface area contributed by atoms with Crippen molar-refractivity contribution in [2.75, 3.05) is 31.5 Å². The van der Waals surface area contributed by atoms with E-state index in [0.717, 1.165) is 69.7 Å². The van der Waals surface area contributed by atoms with Gasteiger partial charge >= 0.3 is 0 Å². The molecule has 6 nitrogen and oxygen atoms in total. The topological polar surface area (TPSA) is 65.5 Å². The number of amides is 2. The Morgan fingerprint density at radius 3 is 2.47 bits per heavy atom. The van der Waals surface area contributed by atoms with Crippen LogP contribution in [0.15, 0.2) is 42.7 Å². The third-order valence-corrected chi connectivity index (χ3v) is 6.58. The number of carbonyl (C=O) groups excluding carboxylic acids is 2. The van der Waals surface area contributed by atoms with Crippen LogP contribution in [0.4, 0.5) is 5.69 Å². The third-order valence-electron chi connectivity index (χ3n) is 6.58. The predicted octanol–water partition coefficient (Wildman–Crippen LogP) is 4.26. The summed E-state index contributed by atoms with van der Waals surface area (Å²) in [6.45, 7) is 6.52. The van der Waals surface area contributed by atoms with E-state index in [0.29, 0.717) is 11.5 Å². The summed E-state index contributed by atoms with van der Waals surface area (Å²) < 4.78 is 0. The molecule has 0 spiro atoms. The van der Waals surface area contributed by atoms with E-state index in [1.54, 1.807) is 12.4 Å². The van der Waals surface area contributed by atoms with Gasteiger partial charge in [-0.1, -0.05) is 25.0 Å². The number of anilines is 1. The van der Waals surface area contributed by atoms with Crippen LogP contribution in [0.5, 0.6) is 0 Å². The van der Waals surface area contributed by atoms with Gasteiger partial charge in [-0.25, -0.2) is 0 Å². The standard InChI is InChI=1S/C26H34N4O2/c1-20-15-23(18-27-17-20)25(31)28-24-8-6-7-21(16-24)19-29-13-9-22(10-14-29)26(32)30-11-4-2-3-5-12-30/h6-8,15-18,22H,2-5,9-14,19H2,1H3,(H,28,31). The summed E-state index contributed by atoms with van der Waals surface area (Å²) in [7, 11) is 0. The SMILES string of the molecule is Cc1cncc(C(=O)Nc2cccc(CN3CCC(C(=O)N4CCCCCC4)CC3)c2)c1. The first-order chi connectivity index (χ1) is 15.6. The van der Waals surface area contributed by atoms with E-state index in [9.17, 15) is 9.59 Å². The molecule has 1 aromatic carbocycles. The van der Waals surface area contributed by atoms with Crippen LogP contribution in [0.1, 0.15) is 60.0 Å². The van der Waals surface area contributed by atoms with Crippen molar-refractivity contribution in [2.24, 2.45) is 5.92 Å². The van der Waals surface area contributed by atoms with Crippen molar-refractivity contribution in [2.45, 2.75) is 52.0 Å². The number of carbonyl (C=O) groups is 2. The molecule has 0 unspecified atom stereocenters. The maximum Gasteiger partial charge on any atom is 0.257 e. The van der Waals surface area contributed by atoms with Crippen LogP contribution in [0, 0.1) is 12.8 Å². The second-order valence-corrected chi connectivity index (χ2v) is 9.20. The molecule has 0 saturated carbocycles. The average Bonchev–Trinajstić information content (AvgIpc) is 3.09. The van der Waals surface area contributed by atoms with Gasteiger partial charge in [0.25, 0.3) is 5.91 Å². The number of pyridine rings is 1. The highest BCUT2D eigenvalue weighted by Gasteiger charge is 2.28. The Morgan fingerprint density at radius 2 is 1.75 bits per heavy atom. The molecule has 6 heteroatoms. The lowest BCUT2D eigenvalue weighted by molar-refractivity contribution is -0.137. The van der Waals surface area contributed by atoms with Crippen LogP contribution in [0.25, 0.3) is 0 Å². The Kier molecular flexibility index (Phi) is 7.53. The number of hydrogen-bond acceptors (Lipinski definition) is 4. The fourth-order valence-electron chi connectivity index (χ4n) is 4.78. The maximum atomic E-state index is 12.9. The average molecular weight is 435 g/mol. The van der Waals surface area contributed by atoms with Gasteiger partial charge in [0.05, 0.1) is 5.56 Å². The number of piperidine rings is 1. The molecule has 0 atom stereocenters. The van der Waals surface area contributed by atoms with Gasteiger partial charge in [-0.2, -0.15) is 0 Å². The summed E-state index contributed by atoms with van der Waals surface area (Å²) >= 11 is 0. The lowest BCUT2D eigenvalue weighted by Crippen LogP contribution is -2.42. The van der Waals surface area contributed by atoms with E-state index in [4.69, 9.17) is 0 Å². The van der Waals surface area contributed by atoms with Crippen molar-refractivity contribution in [3.8, 4) is 0 Å². The highest BCUT2D eigenvalue weighted by atomic mass is 16.2. The lowest BCUT2D eigenvalue weighted by atomic mass is 9.94. The summed E-state index contributed by atoms with van der Waals surface area (Å²) in [4.78, 5) is 34.1. The van der Waals surface area contributed by atoms with Crippen LogP contribution in [-0.2, 0) is 11.3 Å². The van der Waals surface area contributed by atoms with Crippen molar-refractivity contribution < 1.29 is 9.59 Å². The monoisotopic (exact) mass is 434 g/mol.